The number of nitrogens with one attached hydrogen (secondary N) is 1. The molecule has 80 valence electrons. The molecule has 5 heteroatoms. The Labute approximate surface area is 101 Å². The molecule has 0 fully saturated rings. The summed E-state index contributed by atoms with van der Waals surface area (Å²) in [6, 6.07) is 3.49. The molecular weight excluding hydrogens is 281 g/mol. The lowest BCUT2D eigenvalue weighted by Crippen LogP contribution is -2.45. The van der Waals surface area contributed by atoms with Crippen molar-refractivity contribution in [2.24, 2.45) is 0 Å². The molecule has 0 aromatic heterocycles. The first-order valence-corrected chi connectivity index (χ1v) is 5.57. The summed E-state index contributed by atoms with van der Waals surface area (Å²) < 4.78 is 6.35. The minimum absolute atomic E-state index is 0.177. The number of hydrogen-bond donors (Lipinski definition) is 1. The Bertz CT molecular complexity index is 445. The number of anilines is 1. The van der Waals surface area contributed by atoms with Crippen molar-refractivity contribution in [3.63, 3.8) is 0 Å². The van der Waals surface area contributed by atoms with Gasteiger partial charge in [0.2, 0.25) is 0 Å². The summed E-state index contributed by atoms with van der Waals surface area (Å²) in [6.45, 7) is 3.40. The van der Waals surface area contributed by atoms with Gasteiger partial charge < -0.3 is 10.1 Å². The number of ether oxygens (including phenoxy) is 1. The van der Waals surface area contributed by atoms with Crippen LogP contribution in [-0.2, 0) is 4.79 Å². The van der Waals surface area contributed by atoms with Crippen molar-refractivity contribution in [1.82, 2.24) is 0 Å². The second-order valence-corrected chi connectivity index (χ2v) is 5.15. The molecule has 0 saturated carbocycles. The molecule has 1 aromatic rings. The van der Waals surface area contributed by atoms with E-state index in [1.807, 2.05) is 0 Å². The average molecular weight is 291 g/mol. The Hall–Kier alpha value is -0.740. The van der Waals surface area contributed by atoms with E-state index in [0.717, 1.165) is 4.47 Å². The number of carbonyl (C=O) groups is 1. The Kier molecular flexibility index (Phi) is 2.43. The standard InChI is InChI=1S/C10H9BrClNO2/c1-10(2)9(14)13-7-4-5(11)3-6(12)8(7)15-10/h3-4H,1-2H3,(H,13,14). The Morgan fingerprint density at radius 2 is 2.13 bits per heavy atom. The fraction of sp³-hybridized carbons (Fsp3) is 0.300. The maximum atomic E-state index is 11.6. The predicted octanol–water partition coefficient (Wildman–Crippen LogP) is 3.21. The molecule has 0 unspecified atom stereocenters. The van der Waals surface area contributed by atoms with Crippen molar-refractivity contribution in [1.29, 1.82) is 0 Å². The highest BCUT2D eigenvalue weighted by molar-refractivity contribution is 9.10. The van der Waals surface area contributed by atoms with Gasteiger partial charge in [0.1, 0.15) is 0 Å². The maximum Gasteiger partial charge on any atom is 0.268 e. The van der Waals surface area contributed by atoms with E-state index in [1.54, 1.807) is 26.0 Å². The van der Waals surface area contributed by atoms with Crippen molar-refractivity contribution in [3.8, 4) is 5.75 Å². The highest BCUT2D eigenvalue weighted by atomic mass is 79.9. The molecule has 0 saturated heterocycles. The highest BCUT2D eigenvalue weighted by Gasteiger charge is 2.36. The van der Waals surface area contributed by atoms with Crippen LogP contribution in [0.1, 0.15) is 13.8 Å². The van der Waals surface area contributed by atoms with E-state index in [1.165, 1.54) is 0 Å². The number of carbonyl (C=O) groups excluding carboxylic acids is 1. The SMILES string of the molecule is CC1(C)Oc2c(Cl)cc(Br)cc2NC1=O. The van der Waals surface area contributed by atoms with Gasteiger partial charge in [-0.25, -0.2) is 0 Å². The van der Waals surface area contributed by atoms with Crippen LogP contribution in [0.3, 0.4) is 0 Å². The van der Waals surface area contributed by atoms with Crippen molar-refractivity contribution in [2.75, 3.05) is 5.32 Å². The number of amides is 1. The summed E-state index contributed by atoms with van der Waals surface area (Å²) >= 11 is 9.31. The van der Waals surface area contributed by atoms with Gasteiger partial charge in [0.25, 0.3) is 5.91 Å². The second kappa shape index (κ2) is 3.39. The summed E-state index contributed by atoms with van der Waals surface area (Å²) in [5.41, 5.74) is -0.288. The smallest absolute Gasteiger partial charge is 0.268 e. The maximum absolute atomic E-state index is 11.6. The predicted molar refractivity (Wildman–Crippen MR) is 62.5 cm³/mol. The Morgan fingerprint density at radius 1 is 1.47 bits per heavy atom. The van der Waals surface area contributed by atoms with Crippen LogP contribution in [0.25, 0.3) is 0 Å². The number of rotatable bonds is 0. The zero-order valence-corrected chi connectivity index (χ0v) is 10.6. The molecule has 3 nitrogen and oxygen atoms in total. The van der Waals surface area contributed by atoms with Crippen molar-refractivity contribution in [2.45, 2.75) is 19.4 Å². The topological polar surface area (TPSA) is 38.3 Å². The van der Waals surface area contributed by atoms with Gasteiger partial charge >= 0.3 is 0 Å². The molecule has 1 aromatic carbocycles. The third kappa shape index (κ3) is 1.84. The van der Waals surface area contributed by atoms with Gasteiger partial charge in [0.05, 0.1) is 10.7 Å². The average Bonchev–Trinajstić information content (AvgIpc) is 2.09. The van der Waals surface area contributed by atoms with Crippen molar-refractivity contribution < 1.29 is 9.53 Å². The lowest BCUT2D eigenvalue weighted by atomic mass is 10.1. The number of fused-ring (bicyclic) bond motifs is 1. The van der Waals surface area contributed by atoms with Crippen LogP contribution in [0, 0.1) is 0 Å². The van der Waals surface area contributed by atoms with Gasteiger partial charge in [-0.2, -0.15) is 0 Å². The minimum atomic E-state index is -0.884. The molecule has 1 aliphatic rings. The van der Waals surface area contributed by atoms with Gasteiger partial charge in [-0.1, -0.05) is 27.5 Å². The largest absolute Gasteiger partial charge is 0.474 e. The number of halogens is 2. The van der Waals surface area contributed by atoms with Crippen molar-refractivity contribution >= 4 is 39.1 Å². The van der Waals surface area contributed by atoms with E-state index < -0.39 is 5.60 Å². The van der Waals surface area contributed by atoms with E-state index in [9.17, 15) is 4.79 Å². The number of benzene rings is 1. The van der Waals surface area contributed by atoms with Crippen LogP contribution in [0.2, 0.25) is 5.02 Å². The van der Waals surface area contributed by atoms with E-state index >= 15 is 0 Å². The first-order chi connectivity index (χ1) is 6.90. The van der Waals surface area contributed by atoms with Gasteiger partial charge in [0, 0.05) is 4.47 Å². The number of hydrogen-bond acceptors (Lipinski definition) is 2. The molecule has 1 aliphatic heterocycles. The van der Waals surface area contributed by atoms with Crippen LogP contribution >= 0.6 is 27.5 Å². The fourth-order valence-corrected chi connectivity index (χ4v) is 2.18. The van der Waals surface area contributed by atoms with Crippen LogP contribution in [0.15, 0.2) is 16.6 Å². The fourth-order valence-electron chi connectivity index (χ4n) is 1.33. The molecule has 1 amide bonds. The Balaban J connectivity index is 2.55. The molecule has 1 N–H and O–H groups in total. The quantitative estimate of drug-likeness (QED) is 0.797. The first-order valence-electron chi connectivity index (χ1n) is 4.40. The van der Waals surface area contributed by atoms with E-state index in [2.05, 4.69) is 21.2 Å². The molecule has 0 aliphatic carbocycles. The molecule has 0 radical (unpaired) electrons. The molecule has 0 bridgehead atoms. The highest BCUT2D eigenvalue weighted by Crippen LogP contribution is 2.41. The van der Waals surface area contributed by atoms with Crippen molar-refractivity contribution in [3.05, 3.63) is 21.6 Å². The second-order valence-electron chi connectivity index (χ2n) is 3.83. The lowest BCUT2D eigenvalue weighted by Gasteiger charge is -2.32. The molecule has 0 atom stereocenters. The third-order valence-electron chi connectivity index (χ3n) is 2.16. The molecule has 0 spiro atoms. The lowest BCUT2D eigenvalue weighted by molar-refractivity contribution is -0.129. The molecule has 2 rings (SSSR count). The normalized spacial score (nSPS) is 17.7. The van der Waals surface area contributed by atoms with Gasteiger partial charge in [0.15, 0.2) is 11.4 Å². The summed E-state index contributed by atoms with van der Waals surface area (Å²) in [6.07, 6.45) is 0. The monoisotopic (exact) mass is 289 g/mol. The van der Waals surface area contributed by atoms with E-state index in [4.69, 9.17) is 16.3 Å². The van der Waals surface area contributed by atoms with Crippen LogP contribution < -0.4 is 10.1 Å². The van der Waals surface area contributed by atoms with Crippen LogP contribution in [0.4, 0.5) is 5.69 Å². The van der Waals surface area contributed by atoms with Gasteiger partial charge in [-0.3, -0.25) is 4.79 Å². The first kappa shape index (κ1) is 10.8. The summed E-state index contributed by atoms with van der Waals surface area (Å²) in [5, 5.41) is 3.23. The Morgan fingerprint density at radius 3 is 2.80 bits per heavy atom. The summed E-state index contributed by atoms with van der Waals surface area (Å²) in [7, 11) is 0. The zero-order chi connectivity index (χ0) is 11.2. The van der Waals surface area contributed by atoms with E-state index in [-0.39, 0.29) is 5.91 Å². The van der Waals surface area contributed by atoms with Gasteiger partial charge in [-0.15, -0.1) is 0 Å². The van der Waals surface area contributed by atoms with E-state index in [0.29, 0.717) is 16.5 Å². The molecule has 15 heavy (non-hydrogen) atoms. The van der Waals surface area contributed by atoms with Crippen LogP contribution in [-0.4, -0.2) is 11.5 Å². The minimum Gasteiger partial charge on any atom is -0.474 e. The molecule has 1 heterocycles. The van der Waals surface area contributed by atoms with Gasteiger partial charge in [-0.05, 0) is 26.0 Å². The summed E-state index contributed by atoms with van der Waals surface area (Å²) in [4.78, 5) is 11.6. The third-order valence-corrected chi connectivity index (χ3v) is 2.90. The summed E-state index contributed by atoms with van der Waals surface area (Å²) in [5.74, 6) is 0.341. The van der Waals surface area contributed by atoms with Crippen LogP contribution in [0.5, 0.6) is 5.75 Å². The zero-order valence-electron chi connectivity index (χ0n) is 8.23. The molecular formula is C10H9BrClNO2.